The third-order valence-corrected chi connectivity index (χ3v) is 5.05. The molecule has 0 radical (unpaired) electrons. The van der Waals surface area contributed by atoms with E-state index in [2.05, 4.69) is 10.3 Å². The van der Waals surface area contributed by atoms with Crippen LogP contribution in [0.3, 0.4) is 0 Å². The predicted octanol–water partition coefficient (Wildman–Crippen LogP) is 0.180. The van der Waals surface area contributed by atoms with Crippen molar-refractivity contribution < 1.29 is 14.7 Å². The molecular weight excluding hydrogens is 308 g/mol. The molecule has 1 aromatic rings. The SMILES string of the molecule is CN(C)Cc1ccc(C(=O)NC2CN(C(=O)C3(CO)CCC3)C2)[nH]1. The molecule has 0 aromatic carbocycles. The van der Waals surface area contributed by atoms with Gasteiger partial charge in [-0.25, -0.2) is 0 Å². The van der Waals surface area contributed by atoms with Crippen molar-refractivity contribution >= 4 is 11.8 Å². The largest absolute Gasteiger partial charge is 0.395 e. The first-order valence-electron chi connectivity index (χ1n) is 8.47. The molecule has 2 heterocycles. The normalized spacial score (nSPS) is 19.8. The van der Waals surface area contributed by atoms with Crippen LogP contribution < -0.4 is 5.32 Å². The second kappa shape index (κ2) is 6.57. The number of nitrogens with zero attached hydrogens (tertiary/aromatic N) is 2. The smallest absolute Gasteiger partial charge is 0.268 e. The monoisotopic (exact) mass is 334 g/mol. The zero-order chi connectivity index (χ0) is 17.3. The highest BCUT2D eigenvalue weighted by Gasteiger charge is 2.48. The number of likely N-dealkylation sites (tertiary alicyclic amines) is 1. The van der Waals surface area contributed by atoms with Gasteiger partial charge < -0.3 is 25.2 Å². The maximum absolute atomic E-state index is 12.4. The van der Waals surface area contributed by atoms with E-state index in [0.29, 0.717) is 18.8 Å². The summed E-state index contributed by atoms with van der Waals surface area (Å²) in [5.74, 6) is -0.104. The number of aliphatic hydroxyl groups excluding tert-OH is 1. The Kier molecular flexibility index (Phi) is 4.64. The summed E-state index contributed by atoms with van der Waals surface area (Å²) in [4.78, 5) is 31.5. The van der Waals surface area contributed by atoms with Crippen LogP contribution in [0.4, 0.5) is 0 Å². The summed E-state index contributed by atoms with van der Waals surface area (Å²) >= 11 is 0. The Hall–Kier alpha value is -1.86. The second-order valence-electron chi connectivity index (χ2n) is 7.31. The van der Waals surface area contributed by atoms with Gasteiger partial charge in [-0.3, -0.25) is 9.59 Å². The van der Waals surface area contributed by atoms with Crippen molar-refractivity contribution in [3.05, 3.63) is 23.5 Å². The first-order valence-corrected chi connectivity index (χ1v) is 8.47. The maximum atomic E-state index is 12.4. The average molecular weight is 334 g/mol. The highest BCUT2D eigenvalue weighted by Crippen LogP contribution is 2.42. The van der Waals surface area contributed by atoms with Crippen LogP contribution in [0.1, 0.15) is 35.4 Å². The van der Waals surface area contributed by atoms with Gasteiger partial charge in [0.25, 0.3) is 5.91 Å². The molecule has 1 aliphatic carbocycles. The number of hydrogen-bond acceptors (Lipinski definition) is 4. The van der Waals surface area contributed by atoms with Gasteiger partial charge in [0, 0.05) is 25.3 Å². The summed E-state index contributed by atoms with van der Waals surface area (Å²) in [6.07, 6.45) is 2.54. The van der Waals surface area contributed by atoms with Crippen molar-refractivity contribution in [2.24, 2.45) is 5.41 Å². The van der Waals surface area contributed by atoms with Gasteiger partial charge in [-0.1, -0.05) is 6.42 Å². The van der Waals surface area contributed by atoms with Gasteiger partial charge in [0.2, 0.25) is 5.91 Å². The molecule has 0 bridgehead atoms. The first kappa shape index (κ1) is 17.0. The Bertz CT molecular complexity index is 610. The van der Waals surface area contributed by atoms with Gasteiger partial charge in [-0.15, -0.1) is 0 Å². The number of hydrogen-bond donors (Lipinski definition) is 3. The number of aromatic amines is 1. The molecule has 1 saturated heterocycles. The number of aromatic nitrogens is 1. The van der Waals surface area contributed by atoms with E-state index in [4.69, 9.17) is 0 Å². The van der Waals surface area contributed by atoms with Crippen molar-refractivity contribution in [2.45, 2.75) is 31.8 Å². The van der Waals surface area contributed by atoms with Gasteiger partial charge in [0.15, 0.2) is 0 Å². The lowest BCUT2D eigenvalue weighted by molar-refractivity contribution is -0.156. The third kappa shape index (κ3) is 3.18. The zero-order valence-electron chi connectivity index (χ0n) is 14.3. The minimum absolute atomic E-state index is 0.0159. The summed E-state index contributed by atoms with van der Waals surface area (Å²) in [5.41, 5.74) is 0.989. The van der Waals surface area contributed by atoms with Crippen LogP contribution in [0.5, 0.6) is 0 Å². The summed E-state index contributed by atoms with van der Waals surface area (Å²) in [6, 6.07) is 3.68. The average Bonchev–Trinajstić information content (AvgIpc) is 2.89. The standard InChI is InChI=1S/C17H26N4O3/c1-20(2)8-12-4-5-14(18-12)15(23)19-13-9-21(10-13)16(24)17(11-22)6-3-7-17/h4-5,13,18,22H,3,6-11H2,1-2H3,(H,19,23). The lowest BCUT2D eigenvalue weighted by Gasteiger charge is -2.48. The van der Waals surface area contributed by atoms with Crippen LogP contribution >= 0.6 is 0 Å². The zero-order valence-corrected chi connectivity index (χ0v) is 14.3. The van der Waals surface area contributed by atoms with E-state index < -0.39 is 5.41 Å². The molecule has 2 aliphatic rings. The number of aliphatic hydroxyl groups is 1. The second-order valence-corrected chi connectivity index (χ2v) is 7.31. The van der Waals surface area contributed by atoms with Crippen LogP contribution in [0.25, 0.3) is 0 Å². The highest BCUT2D eigenvalue weighted by atomic mass is 16.3. The molecule has 0 spiro atoms. The molecule has 2 fully saturated rings. The molecule has 1 aliphatic heterocycles. The summed E-state index contributed by atoms with van der Waals surface area (Å²) in [6.45, 7) is 1.73. The maximum Gasteiger partial charge on any atom is 0.268 e. The molecule has 0 unspecified atom stereocenters. The van der Waals surface area contributed by atoms with Crippen molar-refractivity contribution in [1.29, 1.82) is 0 Å². The minimum Gasteiger partial charge on any atom is -0.395 e. The number of H-pyrrole nitrogens is 1. The number of carbonyl (C=O) groups is 2. The Balaban J connectivity index is 1.47. The van der Waals surface area contributed by atoms with Gasteiger partial charge in [0.1, 0.15) is 5.69 Å². The molecule has 3 rings (SSSR count). The quantitative estimate of drug-likeness (QED) is 0.692. The van der Waals surface area contributed by atoms with E-state index in [1.54, 1.807) is 11.0 Å². The van der Waals surface area contributed by atoms with Crippen molar-refractivity contribution in [2.75, 3.05) is 33.8 Å². The molecular formula is C17H26N4O3. The van der Waals surface area contributed by atoms with Crippen LogP contribution in [-0.4, -0.2) is 71.5 Å². The van der Waals surface area contributed by atoms with E-state index >= 15 is 0 Å². The lowest BCUT2D eigenvalue weighted by Crippen LogP contribution is -2.65. The van der Waals surface area contributed by atoms with Crippen LogP contribution in [0.15, 0.2) is 12.1 Å². The molecule has 7 heteroatoms. The molecule has 2 amide bonds. The van der Waals surface area contributed by atoms with E-state index in [1.807, 2.05) is 25.1 Å². The Morgan fingerprint density at radius 2 is 2.08 bits per heavy atom. The molecule has 24 heavy (non-hydrogen) atoms. The van der Waals surface area contributed by atoms with Gasteiger partial charge >= 0.3 is 0 Å². The molecule has 132 valence electrons. The van der Waals surface area contributed by atoms with E-state index in [-0.39, 0.29) is 24.5 Å². The molecule has 3 N–H and O–H groups in total. The van der Waals surface area contributed by atoms with Crippen LogP contribution in [0.2, 0.25) is 0 Å². The van der Waals surface area contributed by atoms with E-state index in [9.17, 15) is 14.7 Å². The fraction of sp³-hybridized carbons (Fsp3) is 0.647. The van der Waals surface area contributed by atoms with Crippen LogP contribution in [-0.2, 0) is 11.3 Å². The molecule has 1 saturated carbocycles. The Morgan fingerprint density at radius 1 is 1.38 bits per heavy atom. The van der Waals surface area contributed by atoms with E-state index in [1.165, 1.54) is 0 Å². The fourth-order valence-corrected chi connectivity index (χ4v) is 3.38. The van der Waals surface area contributed by atoms with Crippen molar-refractivity contribution in [3.8, 4) is 0 Å². The number of carbonyl (C=O) groups excluding carboxylic acids is 2. The van der Waals surface area contributed by atoms with Crippen molar-refractivity contribution in [3.63, 3.8) is 0 Å². The molecule has 1 aromatic heterocycles. The molecule has 7 nitrogen and oxygen atoms in total. The van der Waals surface area contributed by atoms with Gasteiger partial charge in [-0.05, 0) is 39.1 Å². The van der Waals surface area contributed by atoms with Crippen molar-refractivity contribution in [1.82, 2.24) is 20.1 Å². The third-order valence-electron chi connectivity index (χ3n) is 5.05. The summed E-state index contributed by atoms with van der Waals surface area (Å²) in [7, 11) is 3.95. The fourth-order valence-electron chi connectivity index (χ4n) is 3.38. The van der Waals surface area contributed by atoms with E-state index in [0.717, 1.165) is 31.5 Å². The number of nitrogens with one attached hydrogen (secondary N) is 2. The minimum atomic E-state index is -0.546. The van der Waals surface area contributed by atoms with Gasteiger partial charge in [0.05, 0.1) is 18.1 Å². The first-order chi connectivity index (χ1) is 11.4. The number of amides is 2. The Morgan fingerprint density at radius 3 is 2.62 bits per heavy atom. The summed E-state index contributed by atoms with van der Waals surface area (Å²) < 4.78 is 0. The number of rotatable bonds is 6. The van der Waals surface area contributed by atoms with Crippen LogP contribution in [0, 0.1) is 5.41 Å². The molecule has 0 atom stereocenters. The van der Waals surface area contributed by atoms with Gasteiger partial charge in [-0.2, -0.15) is 0 Å². The topological polar surface area (TPSA) is 88.7 Å². The summed E-state index contributed by atoms with van der Waals surface area (Å²) in [5, 5.41) is 12.4. The lowest BCUT2D eigenvalue weighted by atomic mass is 9.68. The highest BCUT2D eigenvalue weighted by molar-refractivity contribution is 5.93. The Labute approximate surface area is 142 Å². The predicted molar refractivity (Wildman–Crippen MR) is 89.4 cm³/mol.